The summed E-state index contributed by atoms with van der Waals surface area (Å²) >= 11 is 0. The lowest BCUT2D eigenvalue weighted by molar-refractivity contribution is 0.661. The molecule has 3 heteroatoms. The van der Waals surface area contributed by atoms with Crippen molar-refractivity contribution in [3.8, 4) is 0 Å². The van der Waals surface area contributed by atoms with Crippen molar-refractivity contribution in [2.24, 2.45) is 0 Å². The van der Waals surface area contributed by atoms with E-state index in [-0.39, 0.29) is 0 Å². The van der Waals surface area contributed by atoms with E-state index in [0.29, 0.717) is 0 Å². The first-order chi connectivity index (χ1) is 25.2. The summed E-state index contributed by atoms with van der Waals surface area (Å²) in [7, 11) is 0. The van der Waals surface area contributed by atoms with Gasteiger partial charge in [-0.3, -0.25) is 0 Å². The van der Waals surface area contributed by atoms with E-state index in [2.05, 4.69) is 185 Å². The molecular weight excluding hydrogens is 619 g/mol. The van der Waals surface area contributed by atoms with Crippen LogP contribution in [0.25, 0.3) is 76.6 Å². The number of rotatable bonds is 4. The molecule has 3 aromatic heterocycles. The average Bonchev–Trinajstić information content (AvgIpc) is 3.88. The first-order valence-corrected chi connectivity index (χ1v) is 17.7. The summed E-state index contributed by atoms with van der Waals surface area (Å²) < 4.78 is 0. The predicted octanol–water partition coefficient (Wildman–Crippen LogP) is 12.4. The minimum Gasteiger partial charge on any atom is -0.355 e. The maximum absolute atomic E-state index is 3.73. The number of nitrogens with one attached hydrogen (secondary N) is 3. The number of benzene rings is 7. The average molecular weight is 652 g/mol. The van der Waals surface area contributed by atoms with Gasteiger partial charge >= 0.3 is 0 Å². The van der Waals surface area contributed by atoms with Gasteiger partial charge in [0.1, 0.15) is 0 Å². The highest BCUT2D eigenvalue weighted by Crippen LogP contribution is 2.49. The second kappa shape index (κ2) is 10.7. The molecule has 0 saturated heterocycles. The fraction of sp³-hybridized carbons (Fsp3) is 0.0417. The largest absolute Gasteiger partial charge is 0.355 e. The van der Waals surface area contributed by atoms with Gasteiger partial charge in [-0.1, -0.05) is 133 Å². The zero-order valence-electron chi connectivity index (χ0n) is 27.9. The van der Waals surface area contributed by atoms with Crippen molar-refractivity contribution in [2.75, 3.05) is 0 Å². The van der Waals surface area contributed by atoms with Gasteiger partial charge in [0.05, 0.1) is 0 Å². The summed E-state index contributed by atoms with van der Waals surface area (Å²) in [5.74, 6) is 0. The van der Waals surface area contributed by atoms with Crippen LogP contribution in [0.15, 0.2) is 170 Å². The van der Waals surface area contributed by atoms with Crippen LogP contribution >= 0.6 is 0 Å². The molecule has 0 aliphatic heterocycles. The van der Waals surface area contributed by atoms with Gasteiger partial charge in [0, 0.05) is 70.8 Å². The van der Waals surface area contributed by atoms with Crippen LogP contribution in [0.1, 0.15) is 28.7 Å². The standard InChI is InChI=1S/C48H33N3/c1-2-10-34(11-3-1)48(35-20-23-41-38-14-6-9-17-44(38)51-47(41)27-35)28-32(30-18-21-39-36-12-4-7-15-42(36)49-45(39)25-30)24-33(29-48)31-19-22-40-37-13-5-8-16-43(37)50-46(40)26-31/h1-28,49-51H,29H2. The Morgan fingerprint density at radius 2 is 0.843 bits per heavy atom. The van der Waals surface area contributed by atoms with Crippen LogP contribution in [-0.2, 0) is 5.41 Å². The van der Waals surface area contributed by atoms with Gasteiger partial charge in [0.15, 0.2) is 0 Å². The molecule has 11 rings (SSSR count). The van der Waals surface area contributed by atoms with Crippen LogP contribution in [-0.4, -0.2) is 15.0 Å². The van der Waals surface area contributed by atoms with Gasteiger partial charge < -0.3 is 15.0 Å². The molecule has 0 saturated carbocycles. The predicted molar refractivity (Wildman–Crippen MR) is 215 cm³/mol. The second-order valence-electron chi connectivity index (χ2n) is 14.1. The van der Waals surface area contributed by atoms with E-state index in [4.69, 9.17) is 0 Å². The molecule has 1 aliphatic carbocycles. The lowest BCUT2D eigenvalue weighted by atomic mass is 9.65. The summed E-state index contributed by atoms with van der Waals surface area (Å²) in [6.07, 6.45) is 5.78. The normalized spacial score (nSPS) is 16.5. The van der Waals surface area contributed by atoms with E-state index >= 15 is 0 Å². The van der Waals surface area contributed by atoms with E-state index in [1.165, 1.54) is 71.2 Å². The van der Waals surface area contributed by atoms with Crippen molar-refractivity contribution in [2.45, 2.75) is 11.8 Å². The van der Waals surface area contributed by atoms with Crippen LogP contribution in [0.5, 0.6) is 0 Å². The van der Waals surface area contributed by atoms with Crippen molar-refractivity contribution >= 4 is 76.6 Å². The van der Waals surface area contributed by atoms with Gasteiger partial charge in [0.25, 0.3) is 0 Å². The van der Waals surface area contributed by atoms with E-state index in [0.717, 1.165) is 34.0 Å². The molecule has 1 aliphatic rings. The molecule has 0 fully saturated rings. The van der Waals surface area contributed by atoms with Gasteiger partial charge in [-0.25, -0.2) is 0 Å². The fourth-order valence-electron chi connectivity index (χ4n) is 8.74. The van der Waals surface area contributed by atoms with E-state index in [1.807, 2.05) is 0 Å². The Labute approximate surface area is 294 Å². The van der Waals surface area contributed by atoms with Crippen molar-refractivity contribution in [3.63, 3.8) is 0 Å². The number of para-hydroxylation sites is 3. The van der Waals surface area contributed by atoms with Crippen molar-refractivity contribution in [1.82, 2.24) is 15.0 Å². The third kappa shape index (κ3) is 4.31. The van der Waals surface area contributed by atoms with Crippen molar-refractivity contribution in [1.29, 1.82) is 0 Å². The first kappa shape index (κ1) is 28.3. The Morgan fingerprint density at radius 1 is 0.373 bits per heavy atom. The van der Waals surface area contributed by atoms with Gasteiger partial charge in [0.2, 0.25) is 0 Å². The number of aromatic amines is 3. The number of fused-ring (bicyclic) bond motifs is 9. The third-order valence-electron chi connectivity index (χ3n) is 11.2. The highest BCUT2D eigenvalue weighted by Gasteiger charge is 2.37. The number of aromatic nitrogens is 3. The molecule has 240 valence electrons. The molecule has 1 atom stereocenters. The number of H-pyrrole nitrogens is 3. The van der Waals surface area contributed by atoms with Gasteiger partial charge in [-0.15, -0.1) is 0 Å². The molecule has 51 heavy (non-hydrogen) atoms. The third-order valence-corrected chi connectivity index (χ3v) is 11.2. The maximum atomic E-state index is 3.73. The maximum Gasteiger partial charge on any atom is 0.0471 e. The first-order valence-electron chi connectivity index (χ1n) is 17.7. The zero-order valence-corrected chi connectivity index (χ0v) is 27.9. The lowest BCUT2D eigenvalue weighted by Gasteiger charge is -2.37. The minimum atomic E-state index is -0.420. The zero-order chi connectivity index (χ0) is 33.5. The Kier molecular flexibility index (Phi) is 5.94. The number of hydrogen-bond donors (Lipinski definition) is 3. The van der Waals surface area contributed by atoms with Gasteiger partial charge in [-0.2, -0.15) is 0 Å². The Morgan fingerprint density at radius 3 is 1.45 bits per heavy atom. The molecule has 7 aromatic carbocycles. The molecule has 0 radical (unpaired) electrons. The highest BCUT2D eigenvalue weighted by atomic mass is 14.7. The Balaban J connectivity index is 1.16. The summed E-state index contributed by atoms with van der Waals surface area (Å²) in [5, 5.41) is 7.52. The second-order valence-corrected chi connectivity index (χ2v) is 14.1. The molecule has 0 spiro atoms. The fourth-order valence-corrected chi connectivity index (χ4v) is 8.74. The van der Waals surface area contributed by atoms with Crippen molar-refractivity contribution < 1.29 is 0 Å². The van der Waals surface area contributed by atoms with E-state index < -0.39 is 5.41 Å². The summed E-state index contributed by atoms with van der Waals surface area (Å²) in [4.78, 5) is 11.1. The van der Waals surface area contributed by atoms with Crippen LogP contribution in [0.2, 0.25) is 0 Å². The molecule has 10 aromatic rings. The van der Waals surface area contributed by atoms with Gasteiger partial charge in [-0.05, 0) is 76.2 Å². The quantitative estimate of drug-likeness (QED) is 0.170. The van der Waals surface area contributed by atoms with Crippen LogP contribution < -0.4 is 0 Å². The molecular formula is C48H33N3. The summed E-state index contributed by atoms with van der Waals surface area (Å²) in [5.41, 5.74) is 14.1. The summed E-state index contributed by atoms with van der Waals surface area (Å²) in [6.45, 7) is 0. The highest BCUT2D eigenvalue weighted by molar-refractivity contribution is 6.10. The molecule has 1 unspecified atom stereocenters. The van der Waals surface area contributed by atoms with E-state index in [9.17, 15) is 0 Å². The number of allylic oxidation sites excluding steroid dienone is 4. The smallest absolute Gasteiger partial charge is 0.0471 e. The van der Waals surface area contributed by atoms with Crippen LogP contribution in [0.3, 0.4) is 0 Å². The molecule has 0 amide bonds. The number of hydrogen-bond acceptors (Lipinski definition) is 0. The van der Waals surface area contributed by atoms with Crippen LogP contribution in [0.4, 0.5) is 0 Å². The topological polar surface area (TPSA) is 47.4 Å². The SMILES string of the molecule is C1=C(c2ccc3c(c2)[nH]c2ccccc23)C=C(c2ccc3c(c2)[nH]c2ccccc23)CC1(c1ccccc1)c1ccc2c(c1)[nH]c1ccccc12. The minimum absolute atomic E-state index is 0.420. The van der Waals surface area contributed by atoms with Crippen molar-refractivity contribution in [3.05, 3.63) is 192 Å². The Bertz CT molecular complexity index is 3060. The lowest BCUT2D eigenvalue weighted by Crippen LogP contribution is -2.28. The molecule has 3 heterocycles. The molecule has 3 nitrogen and oxygen atoms in total. The van der Waals surface area contributed by atoms with E-state index in [1.54, 1.807) is 0 Å². The monoisotopic (exact) mass is 651 g/mol. The summed E-state index contributed by atoms with van der Waals surface area (Å²) in [6, 6.07) is 57.8. The molecule has 0 bridgehead atoms. The molecule has 3 N–H and O–H groups in total. The Hall–Kier alpha value is -6.58. The van der Waals surface area contributed by atoms with Crippen LogP contribution in [0, 0.1) is 0 Å².